The molecule has 0 saturated carbocycles. The molecule has 5 heterocycles. The van der Waals surface area contributed by atoms with Crippen LogP contribution in [0.4, 0.5) is 23.2 Å². The summed E-state index contributed by atoms with van der Waals surface area (Å²) in [6, 6.07) is 11.2. The van der Waals surface area contributed by atoms with E-state index in [0.717, 1.165) is 39.1 Å². The van der Waals surface area contributed by atoms with Gasteiger partial charge in [-0.2, -0.15) is 0 Å². The highest BCUT2D eigenvalue weighted by atomic mass is 19.3. The van der Waals surface area contributed by atoms with E-state index in [1.54, 1.807) is 26.2 Å². The number of hydrogen-bond donors (Lipinski definition) is 2. The maximum absolute atomic E-state index is 13.8. The number of aromatic nitrogens is 4. The molecule has 58 heavy (non-hydrogen) atoms. The minimum Gasteiger partial charge on any atom is -0.361 e. The van der Waals surface area contributed by atoms with Crippen LogP contribution in [0.25, 0.3) is 33.5 Å². The molecule has 0 unspecified atom stereocenters. The van der Waals surface area contributed by atoms with Crippen LogP contribution in [0.2, 0.25) is 0 Å². The highest BCUT2D eigenvalue weighted by molar-refractivity contribution is 6.01. The topological polar surface area (TPSA) is 131 Å². The molecule has 2 saturated heterocycles. The Morgan fingerprint density at radius 1 is 0.810 bits per heavy atom. The Morgan fingerprint density at radius 3 is 1.95 bits per heavy atom. The van der Waals surface area contributed by atoms with Crippen LogP contribution in [-0.2, 0) is 25.5 Å². The Bertz CT molecular complexity index is 2240. The zero-order valence-corrected chi connectivity index (χ0v) is 34.4. The highest BCUT2D eigenvalue weighted by Gasteiger charge is 2.49. The number of Topliss-reactive ketones (excluding diaryl/α,β-unsaturated/α-hetero) is 1. The number of rotatable bonds is 9. The van der Waals surface area contributed by atoms with Crippen LogP contribution in [0.1, 0.15) is 105 Å². The molecule has 4 aromatic rings. The number of ketones is 1. The van der Waals surface area contributed by atoms with E-state index in [9.17, 15) is 27.2 Å². The van der Waals surface area contributed by atoms with Gasteiger partial charge in [0.1, 0.15) is 30.2 Å². The second-order valence-corrected chi connectivity index (χ2v) is 18.8. The van der Waals surface area contributed by atoms with Crippen molar-refractivity contribution in [2.24, 2.45) is 15.8 Å². The fourth-order valence-electron chi connectivity index (χ4n) is 7.89. The van der Waals surface area contributed by atoms with Crippen LogP contribution in [0.5, 0.6) is 0 Å². The van der Waals surface area contributed by atoms with Crippen molar-refractivity contribution in [3.05, 3.63) is 60.2 Å². The van der Waals surface area contributed by atoms with E-state index in [0.29, 0.717) is 23.6 Å². The Morgan fingerprint density at radius 2 is 1.40 bits per heavy atom. The van der Waals surface area contributed by atoms with Gasteiger partial charge in [0.2, 0.25) is 0 Å². The number of benzene rings is 2. The maximum Gasteiger partial charge on any atom is 0.271 e. The van der Waals surface area contributed by atoms with Crippen molar-refractivity contribution in [3.8, 4) is 22.5 Å². The second kappa shape index (κ2) is 14.6. The molecule has 7 rings (SSSR count). The predicted molar refractivity (Wildman–Crippen MR) is 214 cm³/mol. The number of nitrogens with one attached hydrogen (secondary N) is 2. The van der Waals surface area contributed by atoms with Gasteiger partial charge in [-0.15, -0.1) is 0 Å². The van der Waals surface area contributed by atoms with Gasteiger partial charge < -0.3 is 19.8 Å². The van der Waals surface area contributed by atoms with Crippen molar-refractivity contribution in [1.82, 2.24) is 25.3 Å². The molecule has 3 aliphatic heterocycles. The van der Waals surface area contributed by atoms with E-state index in [2.05, 4.69) is 10.3 Å². The fourth-order valence-corrected chi connectivity index (χ4v) is 7.89. The van der Waals surface area contributed by atoms with E-state index in [-0.39, 0.29) is 42.8 Å². The van der Waals surface area contributed by atoms with Crippen LogP contribution >= 0.6 is 0 Å². The number of alkyl halides is 4. The summed E-state index contributed by atoms with van der Waals surface area (Å²) in [4.78, 5) is 49.6. The fraction of sp³-hybridized carbons (Fsp3) is 0.545. The Labute approximate surface area is 336 Å². The number of amides is 1. The molecule has 2 aromatic carbocycles. The minimum absolute atomic E-state index is 0.0356. The van der Waals surface area contributed by atoms with Crippen molar-refractivity contribution < 1.29 is 36.6 Å². The molecule has 310 valence electrons. The molecule has 0 aliphatic carbocycles. The van der Waals surface area contributed by atoms with Gasteiger partial charge in [-0.05, 0) is 67.3 Å². The quantitative estimate of drug-likeness (QED) is 0.161. The Kier molecular flexibility index (Phi) is 10.5. The number of aromatic amines is 1. The van der Waals surface area contributed by atoms with E-state index < -0.39 is 60.0 Å². The molecular formula is C44H52F4N6O4. The molecule has 0 bridgehead atoms. The van der Waals surface area contributed by atoms with Crippen LogP contribution in [0.15, 0.2) is 53.8 Å². The van der Waals surface area contributed by atoms with Gasteiger partial charge >= 0.3 is 0 Å². The maximum atomic E-state index is 13.8. The van der Waals surface area contributed by atoms with E-state index in [4.69, 9.17) is 29.4 Å². The lowest BCUT2D eigenvalue weighted by Crippen LogP contribution is -2.58. The largest absolute Gasteiger partial charge is 0.361 e. The van der Waals surface area contributed by atoms with Crippen LogP contribution in [0.3, 0.4) is 0 Å². The molecule has 10 nitrogen and oxygen atoms in total. The highest BCUT2D eigenvalue weighted by Crippen LogP contribution is 2.42. The SMILES string of the molecule is CC(C)(C)[C@H](NC(=O)[C@@]1(C)CCC(F)(F)CO1)C1=Nc2ccc(-c3cnc(-c4ccc5nc([C@@H](CC(=O)[C@@]6(C)CCC(F)(F)CO6)C(C)(C)C)[nH]c5c4)cn3)cc2C1. The number of carbonyl (C=O) groups is 2. The minimum atomic E-state index is -2.94. The molecule has 1 amide bonds. The van der Waals surface area contributed by atoms with E-state index >= 15 is 0 Å². The monoisotopic (exact) mass is 804 g/mol. The van der Waals surface area contributed by atoms with Gasteiger partial charge in [0.15, 0.2) is 5.78 Å². The third-order valence-electron chi connectivity index (χ3n) is 11.9. The molecule has 14 heteroatoms. The number of carbonyl (C=O) groups excluding carboxylic acids is 2. The first-order valence-electron chi connectivity index (χ1n) is 19.8. The van der Waals surface area contributed by atoms with E-state index in [1.807, 2.05) is 77.9 Å². The summed E-state index contributed by atoms with van der Waals surface area (Å²) in [5.41, 5.74) is 3.61. The van der Waals surface area contributed by atoms with Gasteiger partial charge in [-0.25, -0.2) is 22.5 Å². The molecule has 2 fully saturated rings. The molecule has 4 atom stereocenters. The first-order chi connectivity index (χ1) is 26.9. The van der Waals surface area contributed by atoms with Gasteiger partial charge in [0.05, 0.1) is 46.5 Å². The van der Waals surface area contributed by atoms with Crippen LogP contribution < -0.4 is 5.32 Å². The summed E-state index contributed by atoms with van der Waals surface area (Å²) < 4.78 is 66.1. The summed E-state index contributed by atoms with van der Waals surface area (Å²) in [6.45, 7) is 13.7. The first kappa shape index (κ1) is 41.6. The summed E-state index contributed by atoms with van der Waals surface area (Å²) in [7, 11) is 0. The number of halogens is 4. The lowest BCUT2D eigenvalue weighted by molar-refractivity contribution is -0.190. The number of imidazole rings is 1. The zero-order valence-electron chi connectivity index (χ0n) is 34.4. The average molecular weight is 805 g/mol. The van der Waals surface area contributed by atoms with Crippen LogP contribution in [-0.4, -0.2) is 79.6 Å². The molecular weight excluding hydrogens is 753 g/mol. The number of aliphatic imine (C=N–C) groups is 1. The lowest BCUT2D eigenvalue weighted by atomic mass is 9.74. The second-order valence-electron chi connectivity index (χ2n) is 18.8. The molecule has 3 aliphatic rings. The van der Waals surface area contributed by atoms with Gasteiger partial charge in [-0.3, -0.25) is 24.5 Å². The zero-order chi connectivity index (χ0) is 42.1. The summed E-state index contributed by atoms with van der Waals surface area (Å²) in [6.07, 6.45) is 3.11. The lowest BCUT2D eigenvalue weighted by Gasteiger charge is -2.39. The molecule has 2 N–H and O–H groups in total. The summed E-state index contributed by atoms with van der Waals surface area (Å²) in [5.74, 6) is -6.19. The molecule has 0 radical (unpaired) electrons. The molecule has 2 aromatic heterocycles. The van der Waals surface area contributed by atoms with Gasteiger partial charge in [0, 0.05) is 48.4 Å². The standard InChI is InChI=1S/C44H52F4N6O4/c1-39(2,3)28(20-35(55)41(7)13-15-43(45,46)23-57-41)37-52-30-12-10-26(18-31(30)53-37)34-22-49-33(21-50-34)25-9-11-29-27(17-25)19-32(51-29)36(40(4,5)6)54-38(56)42(8)14-16-44(47,48)24-58-42/h9-12,17-18,21-22,28,36H,13-16,19-20,23-24H2,1-8H3,(H,52,53)(H,54,56)/t28-,36-,41-,42-/m1/s1. The van der Waals surface area contributed by atoms with Crippen LogP contribution in [0, 0.1) is 10.8 Å². The van der Waals surface area contributed by atoms with Crippen molar-refractivity contribution in [1.29, 1.82) is 0 Å². The third kappa shape index (κ3) is 8.59. The molecule has 0 spiro atoms. The number of hydrogen-bond acceptors (Lipinski definition) is 8. The summed E-state index contributed by atoms with van der Waals surface area (Å²) >= 11 is 0. The average Bonchev–Trinajstić information content (AvgIpc) is 3.77. The first-order valence-corrected chi connectivity index (χ1v) is 19.8. The number of H-pyrrole nitrogens is 1. The smallest absolute Gasteiger partial charge is 0.271 e. The van der Waals surface area contributed by atoms with Crippen molar-refractivity contribution >= 4 is 34.1 Å². The van der Waals surface area contributed by atoms with Crippen molar-refractivity contribution in [2.75, 3.05) is 13.2 Å². The Balaban J connectivity index is 1.04. The van der Waals surface area contributed by atoms with Crippen molar-refractivity contribution in [2.45, 2.75) is 129 Å². The normalized spacial score (nSPS) is 24.2. The van der Waals surface area contributed by atoms with E-state index in [1.165, 1.54) is 0 Å². The number of fused-ring (bicyclic) bond motifs is 2. The van der Waals surface area contributed by atoms with Gasteiger partial charge in [-0.1, -0.05) is 53.7 Å². The third-order valence-corrected chi connectivity index (χ3v) is 11.9. The van der Waals surface area contributed by atoms with Crippen molar-refractivity contribution in [3.63, 3.8) is 0 Å². The number of ether oxygens (including phenoxy) is 2. The predicted octanol–water partition coefficient (Wildman–Crippen LogP) is 9.34. The number of nitrogens with zero attached hydrogens (tertiary/aromatic N) is 4. The van der Waals surface area contributed by atoms with Gasteiger partial charge in [0.25, 0.3) is 17.8 Å². The Hall–Kier alpha value is -4.56. The summed E-state index contributed by atoms with van der Waals surface area (Å²) in [5, 5.41) is 3.08.